The average molecular weight is 262 g/mol. The monoisotopic (exact) mass is 262 g/mol. The molecule has 0 aromatic heterocycles. The SMILES string of the molecule is CC(=O)[C@@H]1C2c3ccccc3C(c3ccccc32)[C@H]1C. The Balaban J connectivity index is 2.04. The van der Waals surface area contributed by atoms with E-state index >= 15 is 0 Å². The quantitative estimate of drug-likeness (QED) is 0.755. The minimum atomic E-state index is 0.129. The van der Waals surface area contributed by atoms with E-state index in [1.54, 1.807) is 6.92 Å². The fourth-order valence-electron chi connectivity index (χ4n) is 4.56. The Morgan fingerprint density at radius 1 is 0.800 bits per heavy atom. The van der Waals surface area contributed by atoms with Gasteiger partial charge in [-0.25, -0.2) is 0 Å². The molecule has 0 fully saturated rings. The maximum absolute atomic E-state index is 12.2. The number of fused-ring (bicyclic) bond motifs is 1. The van der Waals surface area contributed by atoms with Crippen LogP contribution in [0.5, 0.6) is 0 Å². The van der Waals surface area contributed by atoms with Crippen molar-refractivity contribution >= 4 is 5.78 Å². The van der Waals surface area contributed by atoms with Crippen LogP contribution in [0.3, 0.4) is 0 Å². The molecule has 0 heterocycles. The molecule has 100 valence electrons. The average Bonchev–Trinajstić information content (AvgIpc) is 2.47. The van der Waals surface area contributed by atoms with Crippen LogP contribution in [0.1, 0.15) is 47.9 Å². The van der Waals surface area contributed by atoms with Crippen LogP contribution in [0.15, 0.2) is 48.5 Å². The van der Waals surface area contributed by atoms with Crippen LogP contribution >= 0.6 is 0 Å². The predicted octanol–water partition coefficient (Wildman–Crippen LogP) is 4.12. The van der Waals surface area contributed by atoms with Crippen LogP contribution in [-0.2, 0) is 4.79 Å². The van der Waals surface area contributed by atoms with Crippen molar-refractivity contribution in [2.45, 2.75) is 25.7 Å². The summed E-state index contributed by atoms with van der Waals surface area (Å²) in [5, 5.41) is 0. The molecule has 2 atom stereocenters. The predicted molar refractivity (Wildman–Crippen MR) is 79.9 cm³/mol. The molecule has 0 spiro atoms. The Bertz CT molecular complexity index is 653. The lowest BCUT2D eigenvalue weighted by molar-refractivity contribution is -0.123. The Morgan fingerprint density at radius 2 is 1.20 bits per heavy atom. The molecule has 0 saturated heterocycles. The van der Waals surface area contributed by atoms with Crippen molar-refractivity contribution in [2.75, 3.05) is 0 Å². The largest absolute Gasteiger partial charge is 0.300 e. The van der Waals surface area contributed by atoms with Gasteiger partial charge < -0.3 is 0 Å². The Morgan fingerprint density at radius 3 is 1.60 bits per heavy atom. The molecule has 0 aliphatic heterocycles. The molecule has 0 N–H and O–H groups in total. The van der Waals surface area contributed by atoms with Gasteiger partial charge >= 0.3 is 0 Å². The highest BCUT2D eigenvalue weighted by atomic mass is 16.1. The molecule has 0 radical (unpaired) electrons. The summed E-state index contributed by atoms with van der Waals surface area (Å²) in [5.74, 6) is 1.48. The fraction of sp³-hybridized carbons (Fsp3) is 0.316. The van der Waals surface area contributed by atoms with E-state index in [4.69, 9.17) is 0 Å². The van der Waals surface area contributed by atoms with Crippen molar-refractivity contribution < 1.29 is 4.79 Å². The highest BCUT2D eigenvalue weighted by Gasteiger charge is 2.49. The van der Waals surface area contributed by atoms with E-state index in [-0.39, 0.29) is 11.8 Å². The van der Waals surface area contributed by atoms with Gasteiger partial charge in [0.05, 0.1) is 0 Å². The molecule has 2 bridgehead atoms. The molecule has 1 heteroatoms. The zero-order valence-electron chi connectivity index (χ0n) is 11.8. The lowest BCUT2D eigenvalue weighted by Gasteiger charge is -2.48. The second-order valence-electron chi connectivity index (χ2n) is 6.21. The standard InChI is InChI=1S/C19H18O/c1-11-17(12(2)20)19-15-9-5-3-7-13(15)18(11)14-8-4-6-10-16(14)19/h3-11,17-19H,1-2H3/t11-,17+,18?,19?/m0/s1. The number of ketones is 1. The first-order valence-corrected chi connectivity index (χ1v) is 7.38. The maximum atomic E-state index is 12.2. The van der Waals surface area contributed by atoms with Crippen LogP contribution in [-0.4, -0.2) is 5.78 Å². The van der Waals surface area contributed by atoms with E-state index in [1.807, 2.05) is 0 Å². The van der Waals surface area contributed by atoms with Gasteiger partial charge in [-0.2, -0.15) is 0 Å². The van der Waals surface area contributed by atoms with Gasteiger partial charge in [-0.1, -0.05) is 55.5 Å². The van der Waals surface area contributed by atoms with Crippen molar-refractivity contribution in [3.05, 3.63) is 70.8 Å². The third-order valence-corrected chi connectivity index (χ3v) is 5.25. The Labute approximate surface area is 119 Å². The molecule has 20 heavy (non-hydrogen) atoms. The van der Waals surface area contributed by atoms with Gasteiger partial charge in [0.15, 0.2) is 0 Å². The van der Waals surface area contributed by atoms with Crippen molar-refractivity contribution in [3.63, 3.8) is 0 Å². The van der Waals surface area contributed by atoms with E-state index in [1.165, 1.54) is 22.3 Å². The number of Topliss-reactive ketones (excluding diaryl/α,β-unsaturated/α-hetero) is 1. The van der Waals surface area contributed by atoms with Crippen molar-refractivity contribution in [1.82, 2.24) is 0 Å². The van der Waals surface area contributed by atoms with E-state index in [2.05, 4.69) is 55.5 Å². The van der Waals surface area contributed by atoms with Gasteiger partial charge in [-0.05, 0) is 35.1 Å². The number of benzene rings is 2. The minimum absolute atomic E-state index is 0.129. The van der Waals surface area contributed by atoms with Gasteiger partial charge in [0, 0.05) is 17.8 Å². The summed E-state index contributed by atoms with van der Waals surface area (Å²) in [7, 11) is 0. The zero-order chi connectivity index (χ0) is 13.9. The molecule has 0 saturated carbocycles. The number of rotatable bonds is 1. The van der Waals surface area contributed by atoms with Crippen LogP contribution in [0.25, 0.3) is 0 Å². The third-order valence-electron chi connectivity index (χ3n) is 5.25. The van der Waals surface area contributed by atoms with Crippen LogP contribution in [0, 0.1) is 11.8 Å². The molecular formula is C19H18O. The summed E-state index contributed by atoms with van der Waals surface area (Å²) in [4.78, 5) is 12.2. The third kappa shape index (κ3) is 1.35. The van der Waals surface area contributed by atoms with E-state index in [0.29, 0.717) is 17.6 Å². The van der Waals surface area contributed by atoms with Crippen molar-refractivity contribution in [1.29, 1.82) is 0 Å². The van der Waals surface area contributed by atoms with Gasteiger partial charge in [-0.15, -0.1) is 0 Å². The maximum Gasteiger partial charge on any atom is 0.134 e. The summed E-state index contributed by atoms with van der Waals surface area (Å²) < 4.78 is 0. The van der Waals surface area contributed by atoms with E-state index < -0.39 is 0 Å². The molecule has 3 aliphatic rings. The molecule has 5 rings (SSSR count). The Hall–Kier alpha value is -1.89. The highest BCUT2D eigenvalue weighted by molar-refractivity contribution is 5.82. The lowest BCUT2D eigenvalue weighted by atomic mass is 9.54. The summed E-state index contributed by atoms with van der Waals surface area (Å²) in [6.07, 6.45) is 0. The Kier molecular flexibility index (Phi) is 2.41. The number of carbonyl (C=O) groups excluding carboxylic acids is 1. The summed E-state index contributed by atoms with van der Waals surface area (Å²) in [6, 6.07) is 17.4. The zero-order valence-corrected chi connectivity index (χ0v) is 11.8. The first-order chi connectivity index (χ1) is 9.70. The van der Waals surface area contributed by atoms with Crippen LogP contribution in [0.2, 0.25) is 0 Å². The molecule has 0 amide bonds. The van der Waals surface area contributed by atoms with Gasteiger partial charge in [0.1, 0.15) is 5.78 Å². The van der Waals surface area contributed by atoms with Crippen molar-refractivity contribution in [2.24, 2.45) is 11.8 Å². The lowest BCUT2D eigenvalue weighted by Crippen LogP contribution is -2.41. The smallest absolute Gasteiger partial charge is 0.134 e. The van der Waals surface area contributed by atoms with Crippen molar-refractivity contribution in [3.8, 4) is 0 Å². The molecule has 3 aliphatic carbocycles. The summed E-state index contributed by atoms with van der Waals surface area (Å²) in [5.41, 5.74) is 5.60. The minimum Gasteiger partial charge on any atom is -0.300 e. The second-order valence-corrected chi connectivity index (χ2v) is 6.21. The highest BCUT2D eigenvalue weighted by Crippen LogP contribution is 2.58. The molecule has 1 nitrogen and oxygen atoms in total. The van der Waals surface area contributed by atoms with Gasteiger partial charge in [0.2, 0.25) is 0 Å². The number of carbonyl (C=O) groups is 1. The topological polar surface area (TPSA) is 17.1 Å². The molecule has 2 aromatic rings. The normalized spacial score (nSPS) is 29.7. The molecule has 0 unspecified atom stereocenters. The summed E-state index contributed by atoms with van der Waals surface area (Å²) >= 11 is 0. The van der Waals surface area contributed by atoms with E-state index in [0.717, 1.165) is 0 Å². The second kappa shape index (κ2) is 4.05. The van der Waals surface area contributed by atoms with E-state index in [9.17, 15) is 4.79 Å². The number of hydrogen-bond acceptors (Lipinski definition) is 1. The van der Waals surface area contributed by atoms with Gasteiger partial charge in [-0.3, -0.25) is 4.79 Å². The van der Waals surface area contributed by atoms with Gasteiger partial charge in [0.25, 0.3) is 0 Å². The first kappa shape index (κ1) is 11.9. The first-order valence-electron chi connectivity index (χ1n) is 7.38. The molecular weight excluding hydrogens is 244 g/mol. The van der Waals surface area contributed by atoms with Crippen LogP contribution < -0.4 is 0 Å². The summed E-state index contributed by atoms with van der Waals surface area (Å²) in [6.45, 7) is 4.00. The number of hydrogen-bond donors (Lipinski definition) is 0. The molecule has 2 aromatic carbocycles. The van der Waals surface area contributed by atoms with Crippen LogP contribution in [0.4, 0.5) is 0 Å². The fourth-order valence-corrected chi connectivity index (χ4v) is 4.56.